The van der Waals surface area contributed by atoms with E-state index in [9.17, 15) is 4.79 Å². The third kappa shape index (κ3) is 2.32. The van der Waals surface area contributed by atoms with Crippen molar-refractivity contribution in [1.82, 2.24) is 19.5 Å². The highest BCUT2D eigenvalue weighted by Gasteiger charge is 2.38. The minimum Gasteiger partial charge on any atom is -0.300 e. The Morgan fingerprint density at radius 2 is 2.04 bits per heavy atom. The fourth-order valence-corrected chi connectivity index (χ4v) is 4.15. The van der Waals surface area contributed by atoms with Crippen molar-refractivity contribution in [2.75, 3.05) is 7.05 Å². The molecule has 2 unspecified atom stereocenters. The maximum absolute atomic E-state index is 12.9. The summed E-state index contributed by atoms with van der Waals surface area (Å²) in [5, 5.41) is 13.1. The lowest BCUT2D eigenvalue weighted by molar-refractivity contribution is 0.0338. The van der Waals surface area contributed by atoms with Crippen LogP contribution in [-0.2, 0) is 0 Å². The van der Waals surface area contributed by atoms with Crippen LogP contribution in [0.4, 0.5) is 0 Å². The van der Waals surface area contributed by atoms with Gasteiger partial charge in [0.25, 0.3) is 0 Å². The first-order valence-electron chi connectivity index (χ1n) is 8.17. The Balaban J connectivity index is 1.61. The van der Waals surface area contributed by atoms with Gasteiger partial charge in [-0.05, 0) is 32.7 Å². The van der Waals surface area contributed by atoms with Crippen LogP contribution in [0.1, 0.15) is 48.0 Å². The molecule has 0 amide bonds. The van der Waals surface area contributed by atoms with Crippen LogP contribution in [-0.4, -0.2) is 44.4 Å². The van der Waals surface area contributed by atoms with E-state index < -0.39 is 0 Å². The van der Waals surface area contributed by atoms with Crippen LogP contribution in [0, 0.1) is 17.2 Å². The molecule has 4 rings (SSSR count). The van der Waals surface area contributed by atoms with E-state index in [1.54, 1.807) is 12.4 Å². The zero-order chi connectivity index (χ0) is 16.0. The molecule has 2 aromatic rings. The van der Waals surface area contributed by atoms with E-state index in [0.717, 1.165) is 12.8 Å². The van der Waals surface area contributed by atoms with Gasteiger partial charge in [-0.25, -0.2) is 9.50 Å². The summed E-state index contributed by atoms with van der Waals surface area (Å²) < 4.78 is 1.53. The Hall–Kier alpha value is -2.26. The topological polar surface area (TPSA) is 74.3 Å². The predicted molar refractivity (Wildman–Crippen MR) is 83.9 cm³/mol. The van der Waals surface area contributed by atoms with E-state index >= 15 is 0 Å². The van der Waals surface area contributed by atoms with Crippen molar-refractivity contribution < 1.29 is 4.79 Å². The maximum Gasteiger partial charge on any atom is 0.172 e. The number of hydrogen-bond donors (Lipinski definition) is 0. The number of fused-ring (bicyclic) bond motifs is 3. The van der Waals surface area contributed by atoms with E-state index in [1.165, 1.54) is 30.0 Å². The molecule has 0 radical (unpaired) electrons. The van der Waals surface area contributed by atoms with Gasteiger partial charge in [-0.15, -0.1) is 0 Å². The van der Waals surface area contributed by atoms with E-state index in [0.29, 0.717) is 28.9 Å². The number of carbonyl (C=O) groups is 1. The molecule has 0 aromatic carbocycles. The largest absolute Gasteiger partial charge is 0.300 e. The predicted octanol–water partition coefficient (Wildman–Crippen LogP) is 2.05. The van der Waals surface area contributed by atoms with E-state index in [2.05, 4.69) is 28.1 Å². The van der Waals surface area contributed by atoms with Gasteiger partial charge < -0.3 is 4.90 Å². The normalized spacial score (nSPS) is 27.7. The molecular weight excluding hydrogens is 290 g/mol. The Kier molecular flexibility index (Phi) is 3.38. The number of piperidine rings is 2. The Morgan fingerprint density at radius 1 is 1.30 bits per heavy atom. The summed E-state index contributed by atoms with van der Waals surface area (Å²) in [6, 6.07) is 3.12. The molecule has 4 heterocycles. The van der Waals surface area contributed by atoms with Crippen LogP contribution < -0.4 is 0 Å². The van der Waals surface area contributed by atoms with Crippen molar-refractivity contribution in [1.29, 1.82) is 5.26 Å². The van der Waals surface area contributed by atoms with Gasteiger partial charge in [0.15, 0.2) is 11.4 Å². The van der Waals surface area contributed by atoms with Crippen LogP contribution in [0.2, 0.25) is 0 Å². The van der Waals surface area contributed by atoms with Crippen LogP contribution in [0.5, 0.6) is 0 Å². The second kappa shape index (κ2) is 5.43. The van der Waals surface area contributed by atoms with Crippen LogP contribution in [0.15, 0.2) is 18.6 Å². The van der Waals surface area contributed by atoms with Crippen molar-refractivity contribution in [3.05, 3.63) is 29.7 Å². The highest BCUT2D eigenvalue weighted by molar-refractivity contribution is 5.97. The van der Waals surface area contributed by atoms with E-state index in [4.69, 9.17) is 5.26 Å². The fraction of sp³-hybridized carbons (Fsp3) is 0.529. The van der Waals surface area contributed by atoms with Crippen LogP contribution >= 0.6 is 0 Å². The van der Waals surface area contributed by atoms with Crippen molar-refractivity contribution in [3.8, 4) is 6.07 Å². The standard InChI is InChI=1S/C17H19N5O/c1-21-14-3-2-4-15(21)6-11(5-14)16(23)13-8-19-17-12(7-18)9-20-22(17)10-13/h8-11,14-15H,2-6H2,1H3. The zero-order valence-electron chi connectivity index (χ0n) is 13.1. The molecule has 2 atom stereocenters. The first kappa shape index (κ1) is 14.3. The quantitative estimate of drug-likeness (QED) is 0.794. The first-order chi connectivity index (χ1) is 11.2. The average molecular weight is 309 g/mol. The maximum atomic E-state index is 12.9. The second-order valence-electron chi connectivity index (χ2n) is 6.72. The molecule has 0 N–H and O–H groups in total. The molecule has 2 aliphatic rings. The minimum atomic E-state index is 0.0757. The van der Waals surface area contributed by atoms with Gasteiger partial charge >= 0.3 is 0 Å². The summed E-state index contributed by atoms with van der Waals surface area (Å²) in [4.78, 5) is 19.6. The number of nitriles is 1. The molecule has 2 aromatic heterocycles. The van der Waals surface area contributed by atoms with Gasteiger partial charge in [-0.1, -0.05) is 6.42 Å². The highest BCUT2D eigenvalue weighted by Crippen LogP contribution is 2.37. The monoisotopic (exact) mass is 309 g/mol. The van der Waals surface area contributed by atoms with Gasteiger partial charge in [0, 0.05) is 30.4 Å². The molecule has 6 nitrogen and oxygen atoms in total. The van der Waals surface area contributed by atoms with Crippen LogP contribution in [0.25, 0.3) is 5.65 Å². The SMILES string of the molecule is CN1C2CCCC1CC(C(=O)c1cnc3c(C#N)cnn3c1)C2. The molecule has 2 fully saturated rings. The van der Waals surface area contributed by atoms with Gasteiger partial charge in [0.05, 0.1) is 11.8 Å². The number of hydrogen-bond acceptors (Lipinski definition) is 5. The molecule has 6 heteroatoms. The summed E-state index contributed by atoms with van der Waals surface area (Å²) in [6.07, 6.45) is 10.3. The van der Waals surface area contributed by atoms with Crippen molar-refractivity contribution in [2.45, 2.75) is 44.2 Å². The van der Waals surface area contributed by atoms with Gasteiger partial charge in [0.2, 0.25) is 0 Å². The number of nitrogens with zero attached hydrogens (tertiary/aromatic N) is 5. The lowest BCUT2D eigenvalue weighted by atomic mass is 9.76. The minimum absolute atomic E-state index is 0.0757. The molecule has 2 saturated heterocycles. The number of Topliss-reactive ketones (excluding diaryl/α,β-unsaturated/α-hetero) is 1. The summed E-state index contributed by atoms with van der Waals surface area (Å²) >= 11 is 0. The zero-order valence-corrected chi connectivity index (χ0v) is 13.1. The van der Waals surface area contributed by atoms with Crippen LogP contribution in [0.3, 0.4) is 0 Å². The molecule has 0 spiro atoms. The van der Waals surface area contributed by atoms with E-state index in [1.807, 2.05) is 0 Å². The van der Waals surface area contributed by atoms with Crippen molar-refractivity contribution in [2.24, 2.45) is 5.92 Å². The molecule has 0 saturated carbocycles. The summed E-state index contributed by atoms with van der Waals surface area (Å²) in [6.45, 7) is 0. The number of aromatic nitrogens is 3. The van der Waals surface area contributed by atoms with Gasteiger partial charge in [-0.3, -0.25) is 4.79 Å². The lowest BCUT2D eigenvalue weighted by Crippen LogP contribution is -2.51. The third-order valence-electron chi connectivity index (χ3n) is 5.47. The van der Waals surface area contributed by atoms with Crippen molar-refractivity contribution >= 4 is 11.4 Å². The smallest absolute Gasteiger partial charge is 0.172 e. The fourth-order valence-electron chi connectivity index (χ4n) is 4.15. The Bertz CT molecular complexity index is 791. The highest BCUT2D eigenvalue weighted by atomic mass is 16.1. The van der Waals surface area contributed by atoms with Gasteiger partial charge in [-0.2, -0.15) is 10.4 Å². The Labute approximate surface area is 134 Å². The molecule has 118 valence electrons. The van der Waals surface area contributed by atoms with Gasteiger partial charge in [0.1, 0.15) is 11.6 Å². The number of rotatable bonds is 2. The van der Waals surface area contributed by atoms with E-state index in [-0.39, 0.29) is 11.7 Å². The molecule has 2 aliphatic heterocycles. The molecule has 23 heavy (non-hydrogen) atoms. The average Bonchev–Trinajstić information content (AvgIpc) is 2.96. The third-order valence-corrected chi connectivity index (χ3v) is 5.47. The van der Waals surface area contributed by atoms with Crippen molar-refractivity contribution in [3.63, 3.8) is 0 Å². The molecular formula is C17H19N5O. The lowest BCUT2D eigenvalue weighted by Gasteiger charge is -2.46. The number of carbonyl (C=O) groups excluding carboxylic acids is 1. The summed E-state index contributed by atoms with van der Waals surface area (Å²) in [5.74, 6) is 0.241. The second-order valence-corrected chi connectivity index (χ2v) is 6.72. The summed E-state index contributed by atoms with van der Waals surface area (Å²) in [7, 11) is 2.19. The Morgan fingerprint density at radius 3 is 2.74 bits per heavy atom. The summed E-state index contributed by atoms with van der Waals surface area (Å²) in [5.41, 5.74) is 1.53. The first-order valence-corrected chi connectivity index (χ1v) is 8.17. The molecule has 0 aliphatic carbocycles. The molecule has 2 bridgehead atoms. The number of ketones is 1.